The maximum atomic E-state index is 12.4. The molecular weight excluding hydrogens is 923 g/mol. The van der Waals surface area contributed by atoms with Crippen LogP contribution in [-0.4, -0.2) is 47.4 Å². The molecule has 3 N–H and O–H groups in total. The Labute approximate surface area is 469 Å². The van der Waals surface area contributed by atoms with Crippen molar-refractivity contribution in [2.75, 3.05) is 13.2 Å². The zero-order valence-corrected chi connectivity index (χ0v) is 51.1. The molecule has 0 aromatic carbocycles. The Hall–Kier alpha value is -1.40. The summed E-state index contributed by atoms with van der Waals surface area (Å²) in [4.78, 5) is 24.5. The lowest BCUT2D eigenvalue weighted by atomic mass is 10.0. The van der Waals surface area contributed by atoms with Gasteiger partial charge in [-0.2, -0.15) is 0 Å². The Morgan fingerprint density at radius 1 is 0.360 bits per heavy atom. The van der Waals surface area contributed by atoms with Gasteiger partial charge in [-0.15, -0.1) is 0 Å². The molecule has 6 heteroatoms. The Morgan fingerprint density at radius 3 is 0.907 bits per heavy atom. The number of hydrogen-bond donors (Lipinski definition) is 3. The number of aliphatic hydroxyl groups is 2. The number of amides is 1. The van der Waals surface area contributed by atoms with Gasteiger partial charge in [-0.1, -0.05) is 360 Å². The van der Waals surface area contributed by atoms with Gasteiger partial charge in [0, 0.05) is 12.8 Å². The average Bonchev–Trinajstić information content (AvgIpc) is 3.41. The summed E-state index contributed by atoms with van der Waals surface area (Å²) in [5, 5.41) is 23.1. The fraction of sp³-hybridized carbons (Fsp3) is 0.942. The zero-order valence-electron chi connectivity index (χ0n) is 51.1. The van der Waals surface area contributed by atoms with Crippen LogP contribution in [0.3, 0.4) is 0 Å². The van der Waals surface area contributed by atoms with Crippen LogP contribution in [0.15, 0.2) is 12.2 Å². The number of carbonyl (C=O) groups is 2. The van der Waals surface area contributed by atoms with Crippen molar-refractivity contribution in [1.29, 1.82) is 0 Å². The predicted octanol–water partition coefficient (Wildman–Crippen LogP) is 22.0. The van der Waals surface area contributed by atoms with Crippen molar-refractivity contribution in [1.82, 2.24) is 5.32 Å². The number of aliphatic hydroxyl groups excluding tert-OH is 2. The zero-order chi connectivity index (χ0) is 54.3. The number of hydrogen-bond acceptors (Lipinski definition) is 5. The SMILES string of the molecule is CCCCCCCCCCC/C=C/C(O)C(CO)NC(=O)CCCCCCCCCCCCCCCCCCCCCCCCCCCCCCCCCOC(=O)CCCCCCCCCCCCCCCCCC. The van der Waals surface area contributed by atoms with Crippen molar-refractivity contribution in [2.45, 2.75) is 405 Å². The van der Waals surface area contributed by atoms with Gasteiger partial charge in [0.15, 0.2) is 0 Å². The van der Waals surface area contributed by atoms with Crippen LogP contribution in [0.4, 0.5) is 0 Å². The molecule has 0 heterocycles. The number of carbonyl (C=O) groups excluding carboxylic acids is 2. The summed E-state index contributed by atoms with van der Waals surface area (Å²) in [6.45, 7) is 4.93. The lowest BCUT2D eigenvalue weighted by Gasteiger charge is -2.20. The highest BCUT2D eigenvalue weighted by Gasteiger charge is 2.18. The molecule has 75 heavy (non-hydrogen) atoms. The van der Waals surface area contributed by atoms with Crippen LogP contribution < -0.4 is 5.32 Å². The summed E-state index contributed by atoms with van der Waals surface area (Å²) in [6.07, 6.45) is 80.2. The van der Waals surface area contributed by atoms with Crippen molar-refractivity contribution in [3.8, 4) is 0 Å². The van der Waals surface area contributed by atoms with E-state index in [4.69, 9.17) is 4.74 Å². The number of ether oxygens (including phenoxy) is 1. The van der Waals surface area contributed by atoms with Crippen molar-refractivity contribution in [2.24, 2.45) is 0 Å². The third-order valence-electron chi connectivity index (χ3n) is 16.3. The lowest BCUT2D eigenvalue weighted by Crippen LogP contribution is -2.45. The number of esters is 1. The summed E-state index contributed by atoms with van der Waals surface area (Å²) >= 11 is 0. The number of unbranched alkanes of at least 4 members (excludes halogenated alkanes) is 54. The van der Waals surface area contributed by atoms with Crippen LogP contribution in [-0.2, 0) is 14.3 Å². The molecule has 446 valence electrons. The summed E-state index contributed by atoms with van der Waals surface area (Å²) in [5.74, 6) is -0.0385. The number of nitrogens with one attached hydrogen (secondary N) is 1. The van der Waals surface area contributed by atoms with Crippen LogP contribution in [0, 0.1) is 0 Å². The van der Waals surface area contributed by atoms with E-state index >= 15 is 0 Å². The van der Waals surface area contributed by atoms with Crippen LogP contribution >= 0.6 is 0 Å². The molecule has 1 amide bonds. The van der Waals surface area contributed by atoms with Crippen LogP contribution in [0.2, 0.25) is 0 Å². The molecule has 6 nitrogen and oxygen atoms in total. The van der Waals surface area contributed by atoms with Crippen molar-refractivity contribution in [3.05, 3.63) is 12.2 Å². The first-order valence-corrected chi connectivity index (χ1v) is 34.5. The first-order chi connectivity index (χ1) is 37.0. The van der Waals surface area contributed by atoms with Gasteiger partial charge < -0.3 is 20.3 Å². The third-order valence-corrected chi connectivity index (χ3v) is 16.3. The van der Waals surface area contributed by atoms with E-state index in [-0.39, 0.29) is 18.5 Å². The molecule has 0 aliphatic rings. The van der Waals surface area contributed by atoms with E-state index < -0.39 is 12.1 Å². The molecule has 0 aromatic heterocycles. The van der Waals surface area contributed by atoms with Crippen molar-refractivity contribution in [3.63, 3.8) is 0 Å². The second kappa shape index (κ2) is 65.1. The first kappa shape index (κ1) is 73.6. The highest BCUT2D eigenvalue weighted by Crippen LogP contribution is 2.19. The fourth-order valence-corrected chi connectivity index (χ4v) is 11.1. The molecule has 0 fully saturated rings. The minimum absolute atomic E-state index is 0.0246. The molecule has 2 atom stereocenters. The van der Waals surface area contributed by atoms with Gasteiger partial charge in [0.2, 0.25) is 5.91 Å². The van der Waals surface area contributed by atoms with Crippen molar-refractivity contribution >= 4 is 11.9 Å². The largest absolute Gasteiger partial charge is 0.466 e. The maximum Gasteiger partial charge on any atom is 0.305 e. The molecule has 0 aromatic rings. The number of allylic oxidation sites excluding steroid dienone is 1. The molecule has 0 saturated heterocycles. The van der Waals surface area contributed by atoms with Crippen molar-refractivity contribution < 1.29 is 24.5 Å². The first-order valence-electron chi connectivity index (χ1n) is 34.5. The third kappa shape index (κ3) is 61.7. The Kier molecular flexibility index (Phi) is 63.9. The molecular formula is C69H135NO5. The molecule has 0 saturated carbocycles. The van der Waals surface area contributed by atoms with E-state index in [2.05, 4.69) is 19.2 Å². The van der Waals surface area contributed by atoms with E-state index in [1.165, 1.54) is 327 Å². The Morgan fingerprint density at radius 2 is 0.613 bits per heavy atom. The van der Waals surface area contributed by atoms with E-state index in [0.29, 0.717) is 19.4 Å². The number of rotatable bonds is 65. The Bertz CT molecular complexity index is 1130. The van der Waals surface area contributed by atoms with E-state index in [1.54, 1.807) is 6.08 Å². The minimum atomic E-state index is -0.839. The smallest absolute Gasteiger partial charge is 0.305 e. The standard InChI is InChI=1S/C69H135NO5/c1-3-5-7-9-11-13-15-16-17-36-39-43-47-51-55-59-63-69(74)75-64-60-56-52-48-44-40-37-34-32-30-28-26-24-22-20-18-19-21-23-25-27-29-31-33-35-38-42-46-50-54-58-62-68(73)70-66(65-71)67(72)61-57-53-49-45-41-14-12-10-8-6-4-2/h57,61,66-67,71-72H,3-56,58-60,62-65H2,1-2H3,(H,70,73)/b61-57+. The van der Waals surface area contributed by atoms with E-state index in [1.807, 2.05) is 6.08 Å². The lowest BCUT2D eigenvalue weighted by molar-refractivity contribution is -0.143. The predicted molar refractivity (Wildman–Crippen MR) is 329 cm³/mol. The van der Waals surface area contributed by atoms with Gasteiger partial charge in [-0.05, 0) is 32.1 Å². The Balaban J connectivity index is 3.30. The second-order valence-electron chi connectivity index (χ2n) is 23.9. The molecule has 2 unspecified atom stereocenters. The van der Waals surface area contributed by atoms with E-state index in [9.17, 15) is 19.8 Å². The minimum Gasteiger partial charge on any atom is -0.466 e. The van der Waals surface area contributed by atoms with E-state index in [0.717, 1.165) is 38.5 Å². The van der Waals surface area contributed by atoms with Gasteiger partial charge in [0.05, 0.1) is 25.4 Å². The monoisotopic (exact) mass is 1060 g/mol. The highest BCUT2D eigenvalue weighted by molar-refractivity contribution is 5.76. The van der Waals surface area contributed by atoms with Gasteiger partial charge in [-0.3, -0.25) is 9.59 Å². The average molecular weight is 1060 g/mol. The topological polar surface area (TPSA) is 95.9 Å². The second-order valence-corrected chi connectivity index (χ2v) is 23.9. The molecule has 0 radical (unpaired) electrons. The molecule has 0 aliphatic carbocycles. The molecule has 0 spiro atoms. The fourth-order valence-electron chi connectivity index (χ4n) is 11.1. The summed E-state index contributed by atoms with van der Waals surface area (Å²) in [6, 6.07) is -0.622. The van der Waals surface area contributed by atoms with Crippen LogP contribution in [0.1, 0.15) is 393 Å². The molecule has 0 bridgehead atoms. The van der Waals surface area contributed by atoms with Gasteiger partial charge in [-0.25, -0.2) is 0 Å². The van der Waals surface area contributed by atoms with Gasteiger partial charge >= 0.3 is 5.97 Å². The van der Waals surface area contributed by atoms with Gasteiger partial charge in [0.1, 0.15) is 0 Å². The summed E-state index contributed by atoms with van der Waals surface area (Å²) in [5.41, 5.74) is 0. The highest BCUT2D eigenvalue weighted by atomic mass is 16.5. The van der Waals surface area contributed by atoms with Gasteiger partial charge in [0.25, 0.3) is 0 Å². The normalized spacial score (nSPS) is 12.5. The molecule has 0 aliphatic heterocycles. The summed E-state index contributed by atoms with van der Waals surface area (Å²) in [7, 11) is 0. The maximum absolute atomic E-state index is 12.4. The summed E-state index contributed by atoms with van der Waals surface area (Å²) < 4.78 is 5.51. The quantitative estimate of drug-likeness (QED) is 0.0320. The van der Waals surface area contributed by atoms with Crippen LogP contribution in [0.5, 0.6) is 0 Å². The van der Waals surface area contributed by atoms with Crippen LogP contribution in [0.25, 0.3) is 0 Å². The molecule has 0 rings (SSSR count).